The smallest absolute Gasteiger partial charge is 0.128 e. The maximum absolute atomic E-state index is 10.3. The van der Waals surface area contributed by atoms with Crippen LogP contribution in [0.2, 0.25) is 0 Å². The summed E-state index contributed by atoms with van der Waals surface area (Å²) in [4.78, 5) is 4.95. The van der Waals surface area contributed by atoms with Crippen molar-refractivity contribution in [3.63, 3.8) is 0 Å². The van der Waals surface area contributed by atoms with Gasteiger partial charge >= 0.3 is 0 Å². The van der Waals surface area contributed by atoms with E-state index in [1.807, 2.05) is 6.92 Å². The van der Waals surface area contributed by atoms with Crippen LogP contribution in [0.15, 0.2) is 24.4 Å². The summed E-state index contributed by atoms with van der Waals surface area (Å²) in [6.07, 6.45) is 0.964. The van der Waals surface area contributed by atoms with Gasteiger partial charge in [0.15, 0.2) is 0 Å². The van der Waals surface area contributed by atoms with Gasteiger partial charge in [-0.25, -0.2) is 4.98 Å². The first kappa shape index (κ1) is 12.9. The van der Waals surface area contributed by atoms with Crippen LogP contribution in [-0.2, 0) is 0 Å². The predicted octanol–water partition coefficient (Wildman–Crippen LogP) is 2.55. The number of benzene rings is 1. The Morgan fingerprint density at radius 3 is 2.61 bits per heavy atom. The third-order valence-electron chi connectivity index (χ3n) is 2.64. The highest BCUT2D eigenvalue weighted by molar-refractivity contribution is 7.11. The van der Waals surface area contributed by atoms with E-state index in [2.05, 4.69) is 4.98 Å². The molecule has 1 atom stereocenters. The van der Waals surface area contributed by atoms with E-state index in [0.717, 1.165) is 9.88 Å². The molecule has 0 bridgehead atoms. The fourth-order valence-electron chi connectivity index (χ4n) is 1.70. The third-order valence-corrected chi connectivity index (χ3v) is 3.61. The van der Waals surface area contributed by atoms with E-state index in [-0.39, 0.29) is 0 Å². The quantitative estimate of drug-likeness (QED) is 0.923. The molecule has 0 spiro atoms. The summed E-state index contributed by atoms with van der Waals surface area (Å²) in [5.41, 5.74) is 0.710. The Kier molecular flexibility index (Phi) is 3.84. The molecule has 0 aliphatic carbocycles. The van der Waals surface area contributed by atoms with Gasteiger partial charge in [-0.2, -0.15) is 0 Å². The first-order chi connectivity index (χ1) is 8.65. The minimum absolute atomic E-state index is 0.605. The molecule has 0 fully saturated rings. The zero-order valence-corrected chi connectivity index (χ0v) is 11.3. The van der Waals surface area contributed by atoms with Gasteiger partial charge < -0.3 is 14.6 Å². The number of aliphatic hydroxyl groups excluding tert-OH is 1. The molecular formula is C13H15NO3S. The van der Waals surface area contributed by atoms with Crippen molar-refractivity contribution >= 4 is 11.3 Å². The average Bonchev–Trinajstić information content (AvgIpc) is 2.83. The summed E-state index contributed by atoms with van der Waals surface area (Å²) in [6, 6.07) is 5.36. The second-order valence-electron chi connectivity index (χ2n) is 3.79. The van der Waals surface area contributed by atoms with Crippen LogP contribution in [0, 0.1) is 6.92 Å². The fourth-order valence-corrected chi connectivity index (χ4v) is 2.49. The molecule has 1 aromatic carbocycles. The second-order valence-corrected chi connectivity index (χ2v) is 5.06. The Hall–Kier alpha value is -1.59. The summed E-state index contributed by atoms with van der Waals surface area (Å²) in [5, 5.41) is 11.3. The Morgan fingerprint density at radius 1 is 1.28 bits per heavy atom. The van der Waals surface area contributed by atoms with Crippen LogP contribution in [0.1, 0.15) is 21.6 Å². The van der Waals surface area contributed by atoms with E-state index in [0.29, 0.717) is 17.1 Å². The lowest BCUT2D eigenvalue weighted by Gasteiger charge is -2.14. The number of aromatic nitrogens is 1. The van der Waals surface area contributed by atoms with Gasteiger partial charge in [-0.05, 0) is 19.1 Å². The molecule has 0 saturated heterocycles. The van der Waals surface area contributed by atoms with E-state index in [4.69, 9.17) is 9.47 Å². The van der Waals surface area contributed by atoms with E-state index in [1.54, 1.807) is 38.6 Å². The number of rotatable bonds is 4. The van der Waals surface area contributed by atoms with Gasteiger partial charge in [0, 0.05) is 17.8 Å². The minimum Gasteiger partial charge on any atom is -0.497 e. The van der Waals surface area contributed by atoms with Crippen LogP contribution in [0.3, 0.4) is 0 Å². The van der Waals surface area contributed by atoms with Gasteiger partial charge in [-0.15, -0.1) is 11.3 Å². The van der Waals surface area contributed by atoms with Gasteiger partial charge in [0.2, 0.25) is 0 Å². The van der Waals surface area contributed by atoms with Crippen molar-refractivity contribution in [1.82, 2.24) is 4.98 Å². The number of ether oxygens (including phenoxy) is 2. The summed E-state index contributed by atoms with van der Waals surface area (Å²) in [7, 11) is 3.17. The number of hydrogen-bond acceptors (Lipinski definition) is 5. The predicted molar refractivity (Wildman–Crippen MR) is 70.5 cm³/mol. The van der Waals surface area contributed by atoms with Crippen molar-refractivity contribution in [1.29, 1.82) is 0 Å². The van der Waals surface area contributed by atoms with Crippen molar-refractivity contribution in [2.75, 3.05) is 14.2 Å². The highest BCUT2D eigenvalue weighted by Gasteiger charge is 2.18. The number of aliphatic hydroxyl groups is 1. The van der Waals surface area contributed by atoms with E-state index < -0.39 is 6.10 Å². The second kappa shape index (κ2) is 5.37. The van der Waals surface area contributed by atoms with Gasteiger partial charge in [-0.3, -0.25) is 0 Å². The van der Waals surface area contributed by atoms with Crippen LogP contribution in [0.25, 0.3) is 0 Å². The summed E-state index contributed by atoms with van der Waals surface area (Å²) >= 11 is 1.47. The zero-order valence-electron chi connectivity index (χ0n) is 10.5. The van der Waals surface area contributed by atoms with Crippen LogP contribution in [0.5, 0.6) is 11.5 Å². The molecule has 0 amide bonds. The van der Waals surface area contributed by atoms with Crippen molar-refractivity contribution in [2.45, 2.75) is 13.0 Å². The van der Waals surface area contributed by atoms with Gasteiger partial charge in [0.25, 0.3) is 0 Å². The van der Waals surface area contributed by atoms with Crippen molar-refractivity contribution in [3.05, 3.63) is 39.8 Å². The minimum atomic E-state index is -0.725. The van der Waals surface area contributed by atoms with Crippen LogP contribution in [0.4, 0.5) is 0 Å². The van der Waals surface area contributed by atoms with Crippen molar-refractivity contribution in [2.24, 2.45) is 0 Å². The largest absolute Gasteiger partial charge is 0.497 e. The number of methoxy groups -OCH3 is 2. The van der Waals surface area contributed by atoms with Crippen LogP contribution in [-0.4, -0.2) is 24.3 Å². The molecule has 96 valence electrons. The molecule has 0 aliphatic heterocycles. The van der Waals surface area contributed by atoms with E-state index in [9.17, 15) is 5.11 Å². The third kappa shape index (κ3) is 2.47. The number of hydrogen-bond donors (Lipinski definition) is 1. The molecule has 0 radical (unpaired) electrons. The van der Waals surface area contributed by atoms with Crippen molar-refractivity contribution < 1.29 is 14.6 Å². The standard InChI is InChI=1S/C13H15NO3S/c1-8-14-7-12(18-8)13(15)10-5-4-9(16-2)6-11(10)17-3/h4-7,13,15H,1-3H3. The molecule has 1 heterocycles. The molecule has 1 unspecified atom stereocenters. The van der Waals surface area contributed by atoms with Gasteiger partial charge in [-0.1, -0.05) is 0 Å². The van der Waals surface area contributed by atoms with E-state index >= 15 is 0 Å². The molecule has 4 nitrogen and oxygen atoms in total. The molecule has 0 aliphatic rings. The Morgan fingerprint density at radius 2 is 2.06 bits per heavy atom. The Balaban J connectivity index is 2.38. The molecule has 1 N–H and O–H groups in total. The Labute approximate surface area is 110 Å². The lowest BCUT2D eigenvalue weighted by atomic mass is 10.1. The maximum atomic E-state index is 10.3. The highest BCUT2D eigenvalue weighted by atomic mass is 32.1. The molecule has 5 heteroatoms. The van der Waals surface area contributed by atoms with Crippen LogP contribution < -0.4 is 9.47 Å². The number of aryl methyl sites for hydroxylation is 1. The highest BCUT2D eigenvalue weighted by Crippen LogP contribution is 2.34. The first-order valence-electron chi connectivity index (χ1n) is 5.48. The molecular weight excluding hydrogens is 250 g/mol. The molecule has 2 aromatic rings. The number of nitrogens with zero attached hydrogens (tertiary/aromatic N) is 1. The maximum Gasteiger partial charge on any atom is 0.128 e. The molecule has 0 saturated carbocycles. The molecule has 1 aromatic heterocycles. The monoisotopic (exact) mass is 265 g/mol. The average molecular weight is 265 g/mol. The summed E-state index contributed by atoms with van der Waals surface area (Å²) < 4.78 is 10.4. The number of thiazole rings is 1. The molecule has 2 rings (SSSR count). The normalized spacial score (nSPS) is 12.2. The van der Waals surface area contributed by atoms with Crippen molar-refractivity contribution in [3.8, 4) is 11.5 Å². The van der Waals surface area contributed by atoms with Gasteiger partial charge in [0.1, 0.15) is 17.6 Å². The molecule has 18 heavy (non-hydrogen) atoms. The summed E-state index contributed by atoms with van der Waals surface area (Å²) in [6.45, 7) is 1.91. The van der Waals surface area contributed by atoms with Gasteiger partial charge in [0.05, 0.1) is 24.1 Å². The first-order valence-corrected chi connectivity index (χ1v) is 6.29. The summed E-state index contributed by atoms with van der Waals surface area (Å²) in [5.74, 6) is 1.30. The fraction of sp³-hybridized carbons (Fsp3) is 0.308. The van der Waals surface area contributed by atoms with Crippen LogP contribution >= 0.6 is 11.3 Å². The Bertz CT molecular complexity index is 539. The van der Waals surface area contributed by atoms with E-state index in [1.165, 1.54) is 11.3 Å². The zero-order chi connectivity index (χ0) is 13.1. The lowest BCUT2D eigenvalue weighted by molar-refractivity contribution is 0.218. The lowest BCUT2D eigenvalue weighted by Crippen LogP contribution is -2.01. The SMILES string of the molecule is COc1ccc(C(O)c2cnc(C)s2)c(OC)c1. The topological polar surface area (TPSA) is 51.6 Å².